The molecule has 0 atom stereocenters. The zero-order valence-corrected chi connectivity index (χ0v) is 10.9. The summed E-state index contributed by atoms with van der Waals surface area (Å²) in [5.41, 5.74) is 0. The number of carboxylic acids is 1. The standard InChI is InChI=1S/C12H17N3O5/c16-9(3-4-11(18)19)14-12(20)13-6-5-10(17)15-7-1-2-8-15/h3-4H,1-2,5-8H2,(H,18,19)(H2,13,14,16,20)/b4-3+. The first-order valence-electron chi connectivity index (χ1n) is 6.26. The van der Waals surface area contributed by atoms with Crippen LogP contribution in [0.2, 0.25) is 0 Å². The van der Waals surface area contributed by atoms with E-state index >= 15 is 0 Å². The van der Waals surface area contributed by atoms with Crippen molar-refractivity contribution in [2.24, 2.45) is 0 Å². The molecule has 4 amide bonds. The minimum atomic E-state index is -1.28. The van der Waals surface area contributed by atoms with Crippen LogP contribution < -0.4 is 10.6 Å². The minimum absolute atomic E-state index is 0.0279. The topological polar surface area (TPSA) is 116 Å². The Bertz CT molecular complexity index is 427. The number of urea groups is 1. The molecule has 8 nitrogen and oxygen atoms in total. The van der Waals surface area contributed by atoms with E-state index in [0.717, 1.165) is 32.0 Å². The predicted octanol–water partition coefficient (Wildman–Crippen LogP) is -0.535. The van der Waals surface area contributed by atoms with E-state index in [2.05, 4.69) is 5.32 Å². The second-order valence-electron chi connectivity index (χ2n) is 4.25. The van der Waals surface area contributed by atoms with E-state index in [1.54, 1.807) is 4.90 Å². The molecule has 0 aromatic rings. The number of nitrogens with zero attached hydrogens (tertiary/aromatic N) is 1. The van der Waals surface area contributed by atoms with Crippen molar-refractivity contribution < 1.29 is 24.3 Å². The fourth-order valence-electron chi connectivity index (χ4n) is 1.75. The summed E-state index contributed by atoms with van der Waals surface area (Å²) in [5, 5.41) is 12.6. The number of amides is 4. The van der Waals surface area contributed by atoms with E-state index in [0.29, 0.717) is 6.08 Å². The normalized spacial score (nSPS) is 14.3. The van der Waals surface area contributed by atoms with E-state index in [1.165, 1.54) is 0 Å². The summed E-state index contributed by atoms with van der Waals surface area (Å²) in [4.78, 5) is 45.8. The molecule has 0 aromatic heterocycles. The minimum Gasteiger partial charge on any atom is -0.478 e. The van der Waals surface area contributed by atoms with Crippen LogP contribution >= 0.6 is 0 Å². The quantitative estimate of drug-likeness (QED) is 0.586. The van der Waals surface area contributed by atoms with Crippen molar-refractivity contribution >= 4 is 23.8 Å². The summed E-state index contributed by atoms with van der Waals surface area (Å²) in [7, 11) is 0. The van der Waals surface area contributed by atoms with E-state index in [1.807, 2.05) is 5.32 Å². The first kappa shape index (κ1) is 15.7. The van der Waals surface area contributed by atoms with Crippen molar-refractivity contribution in [1.82, 2.24) is 15.5 Å². The third kappa shape index (κ3) is 5.98. The maximum absolute atomic E-state index is 11.6. The van der Waals surface area contributed by atoms with E-state index in [4.69, 9.17) is 5.11 Å². The molecule has 1 heterocycles. The molecule has 3 N–H and O–H groups in total. The molecule has 0 saturated carbocycles. The number of carbonyl (C=O) groups is 4. The largest absolute Gasteiger partial charge is 0.478 e. The number of aliphatic carboxylic acids is 1. The van der Waals surface area contributed by atoms with Crippen LogP contribution in [0.5, 0.6) is 0 Å². The number of carboxylic acid groups (broad SMARTS) is 1. The van der Waals surface area contributed by atoms with Crippen LogP contribution in [0, 0.1) is 0 Å². The molecule has 0 aliphatic carbocycles. The number of carbonyl (C=O) groups excluding carboxylic acids is 3. The van der Waals surface area contributed by atoms with Crippen LogP contribution in [0.15, 0.2) is 12.2 Å². The third-order valence-corrected chi connectivity index (χ3v) is 2.70. The molecule has 0 unspecified atom stereocenters. The van der Waals surface area contributed by atoms with Crippen molar-refractivity contribution in [1.29, 1.82) is 0 Å². The highest BCUT2D eigenvalue weighted by Crippen LogP contribution is 2.08. The zero-order valence-electron chi connectivity index (χ0n) is 10.9. The maximum atomic E-state index is 11.6. The summed E-state index contributed by atoms with van der Waals surface area (Å²) in [6.07, 6.45) is 3.54. The van der Waals surface area contributed by atoms with Crippen LogP contribution in [0.1, 0.15) is 19.3 Å². The predicted molar refractivity (Wildman–Crippen MR) is 68.7 cm³/mol. The molecule has 1 fully saturated rings. The summed E-state index contributed by atoms with van der Waals surface area (Å²) < 4.78 is 0. The van der Waals surface area contributed by atoms with E-state index in [-0.39, 0.29) is 18.9 Å². The lowest BCUT2D eigenvalue weighted by molar-refractivity contribution is -0.132. The Kier molecular flexibility index (Phi) is 6.21. The Morgan fingerprint density at radius 2 is 1.75 bits per heavy atom. The maximum Gasteiger partial charge on any atom is 0.328 e. The third-order valence-electron chi connectivity index (χ3n) is 2.70. The van der Waals surface area contributed by atoms with Gasteiger partial charge in [-0.2, -0.15) is 0 Å². The van der Waals surface area contributed by atoms with Crippen molar-refractivity contribution in [3.63, 3.8) is 0 Å². The van der Waals surface area contributed by atoms with Gasteiger partial charge < -0.3 is 15.3 Å². The Balaban J connectivity index is 2.18. The van der Waals surface area contributed by atoms with Crippen molar-refractivity contribution in [3.8, 4) is 0 Å². The first-order valence-corrected chi connectivity index (χ1v) is 6.26. The van der Waals surface area contributed by atoms with Crippen molar-refractivity contribution in [2.75, 3.05) is 19.6 Å². The molecule has 1 aliphatic heterocycles. The van der Waals surface area contributed by atoms with Crippen molar-refractivity contribution in [2.45, 2.75) is 19.3 Å². The Hall–Kier alpha value is -2.38. The zero-order chi connectivity index (χ0) is 15.0. The van der Waals surface area contributed by atoms with Gasteiger partial charge in [-0.05, 0) is 12.8 Å². The molecule has 0 bridgehead atoms. The molecule has 1 rings (SSSR count). The summed E-state index contributed by atoms with van der Waals surface area (Å²) in [6.45, 7) is 1.63. The molecule has 1 saturated heterocycles. The van der Waals surface area contributed by atoms with Gasteiger partial charge in [0.25, 0.3) is 5.91 Å². The molecule has 0 radical (unpaired) electrons. The lowest BCUT2D eigenvalue weighted by Crippen LogP contribution is -2.40. The van der Waals surface area contributed by atoms with Crippen LogP contribution in [-0.4, -0.2) is 53.5 Å². The van der Waals surface area contributed by atoms with E-state index in [9.17, 15) is 19.2 Å². The number of rotatable bonds is 5. The van der Waals surface area contributed by atoms with Gasteiger partial charge in [0.1, 0.15) is 0 Å². The number of nitrogens with one attached hydrogen (secondary N) is 2. The Morgan fingerprint density at radius 1 is 1.10 bits per heavy atom. The molecule has 110 valence electrons. The summed E-state index contributed by atoms with van der Waals surface area (Å²) in [6, 6.07) is -0.765. The summed E-state index contributed by atoms with van der Waals surface area (Å²) in [5.74, 6) is -2.15. The molecular weight excluding hydrogens is 266 g/mol. The summed E-state index contributed by atoms with van der Waals surface area (Å²) >= 11 is 0. The lowest BCUT2D eigenvalue weighted by atomic mass is 10.3. The highest BCUT2D eigenvalue weighted by atomic mass is 16.4. The van der Waals surface area contributed by atoms with Gasteiger partial charge in [-0.1, -0.05) is 0 Å². The molecular formula is C12H17N3O5. The molecule has 1 aliphatic rings. The number of hydrogen-bond donors (Lipinski definition) is 3. The SMILES string of the molecule is O=C(O)/C=C/C(=O)NC(=O)NCCC(=O)N1CCCC1. The van der Waals surface area contributed by atoms with Gasteiger partial charge >= 0.3 is 12.0 Å². The molecule has 0 spiro atoms. The van der Waals surface area contributed by atoms with Gasteiger partial charge in [0.05, 0.1) is 0 Å². The molecule has 8 heteroatoms. The monoisotopic (exact) mass is 283 g/mol. The number of hydrogen-bond acceptors (Lipinski definition) is 4. The Labute approximate surface area is 115 Å². The van der Waals surface area contributed by atoms with Gasteiger partial charge in [0, 0.05) is 38.2 Å². The highest BCUT2D eigenvalue weighted by molar-refractivity contribution is 6.02. The second kappa shape index (κ2) is 7.93. The van der Waals surface area contributed by atoms with Gasteiger partial charge in [-0.25, -0.2) is 9.59 Å². The number of likely N-dealkylation sites (tertiary alicyclic amines) is 1. The van der Waals surface area contributed by atoms with Crippen LogP contribution in [-0.2, 0) is 14.4 Å². The first-order chi connectivity index (χ1) is 9.49. The lowest BCUT2D eigenvalue weighted by Gasteiger charge is -2.15. The number of imide groups is 1. The second-order valence-corrected chi connectivity index (χ2v) is 4.25. The fraction of sp³-hybridized carbons (Fsp3) is 0.500. The average Bonchev–Trinajstić information content (AvgIpc) is 2.90. The van der Waals surface area contributed by atoms with Gasteiger partial charge in [0.15, 0.2) is 0 Å². The smallest absolute Gasteiger partial charge is 0.328 e. The average molecular weight is 283 g/mol. The van der Waals surface area contributed by atoms with Crippen LogP contribution in [0.25, 0.3) is 0 Å². The molecule has 0 aromatic carbocycles. The Morgan fingerprint density at radius 3 is 2.35 bits per heavy atom. The highest BCUT2D eigenvalue weighted by Gasteiger charge is 2.17. The molecule has 20 heavy (non-hydrogen) atoms. The van der Waals surface area contributed by atoms with Gasteiger partial charge in [0.2, 0.25) is 5.91 Å². The van der Waals surface area contributed by atoms with Gasteiger partial charge in [-0.3, -0.25) is 14.9 Å². The van der Waals surface area contributed by atoms with E-state index < -0.39 is 17.9 Å². The van der Waals surface area contributed by atoms with Gasteiger partial charge in [-0.15, -0.1) is 0 Å². The fourth-order valence-corrected chi connectivity index (χ4v) is 1.75. The van der Waals surface area contributed by atoms with Crippen molar-refractivity contribution in [3.05, 3.63) is 12.2 Å². The van der Waals surface area contributed by atoms with Crippen LogP contribution in [0.4, 0.5) is 4.79 Å². The van der Waals surface area contributed by atoms with Crippen LogP contribution in [0.3, 0.4) is 0 Å².